The molecule has 0 aliphatic rings. The summed E-state index contributed by atoms with van der Waals surface area (Å²) in [7, 11) is 3.07. The van der Waals surface area contributed by atoms with Gasteiger partial charge in [-0.15, -0.1) is 0 Å². The molecule has 8 nitrogen and oxygen atoms in total. The summed E-state index contributed by atoms with van der Waals surface area (Å²) in [6.45, 7) is 1.71. The molecule has 0 unspecified atom stereocenters. The third kappa shape index (κ3) is 4.79. The van der Waals surface area contributed by atoms with Crippen molar-refractivity contribution in [3.05, 3.63) is 63.7 Å². The van der Waals surface area contributed by atoms with Crippen LogP contribution in [-0.4, -0.2) is 30.8 Å². The first-order valence-corrected chi connectivity index (χ1v) is 7.73. The number of hydrogen-bond acceptors (Lipinski definition) is 6. The van der Waals surface area contributed by atoms with Gasteiger partial charge in [0, 0.05) is 12.1 Å². The van der Waals surface area contributed by atoms with E-state index in [2.05, 4.69) is 10.5 Å². The minimum Gasteiger partial charge on any atom is -0.493 e. The highest BCUT2D eigenvalue weighted by Crippen LogP contribution is 2.27. The summed E-state index contributed by atoms with van der Waals surface area (Å²) < 4.78 is 10.4. The van der Waals surface area contributed by atoms with Crippen LogP contribution < -0.4 is 14.9 Å². The molecule has 0 heterocycles. The van der Waals surface area contributed by atoms with Crippen molar-refractivity contribution in [3.63, 3.8) is 0 Å². The summed E-state index contributed by atoms with van der Waals surface area (Å²) in [5.74, 6) is 0.838. The molecule has 0 saturated heterocycles. The zero-order valence-corrected chi connectivity index (χ0v) is 14.7. The van der Waals surface area contributed by atoms with Crippen LogP contribution in [0.3, 0.4) is 0 Å². The largest absolute Gasteiger partial charge is 0.493 e. The van der Waals surface area contributed by atoms with Crippen LogP contribution in [0.2, 0.25) is 0 Å². The van der Waals surface area contributed by atoms with E-state index in [4.69, 9.17) is 9.47 Å². The van der Waals surface area contributed by atoms with Crippen molar-refractivity contribution in [3.8, 4) is 11.5 Å². The fourth-order valence-electron chi connectivity index (χ4n) is 2.25. The molecule has 1 amide bonds. The molecule has 0 fully saturated rings. The van der Waals surface area contributed by atoms with Gasteiger partial charge in [-0.25, -0.2) is 5.43 Å². The van der Waals surface area contributed by atoms with Gasteiger partial charge in [-0.3, -0.25) is 14.9 Å². The summed E-state index contributed by atoms with van der Waals surface area (Å²) in [6, 6.07) is 11.2. The number of benzene rings is 2. The Bertz CT molecular complexity index is 831. The molecule has 0 atom stereocenters. The van der Waals surface area contributed by atoms with Crippen molar-refractivity contribution in [2.24, 2.45) is 5.10 Å². The van der Waals surface area contributed by atoms with Gasteiger partial charge < -0.3 is 9.47 Å². The standard InChI is InChI=1S/C18H19N3O5/c1-12(14-5-7-15(8-6-14)21(23)24)19-20-18(22)11-13-4-9-16(25-2)17(10-13)26-3/h4-10H,11H2,1-3H3,(H,20,22)/b19-12-. The smallest absolute Gasteiger partial charge is 0.269 e. The van der Waals surface area contributed by atoms with Crippen molar-refractivity contribution >= 4 is 17.3 Å². The zero-order valence-electron chi connectivity index (χ0n) is 14.7. The van der Waals surface area contributed by atoms with E-state index in [1.807, 2.05) is 0 Å². The number of carbonyl (C=O) groups is 1. The van der Waals surface area contributed by atoms with Gasteiger partial charge in [0.15, 0.2) is 11.5 Å². The Morgan fingerprint density at radius 2 is 1.77 bits per heavy atom. The van der Waals surface area contributed by atoms with E-state index < -0.39 is 4.92 Å². The fraction of sp³-hybridized carbons (Fsp3) is 0.222. The summed E-state index contributed by atoms with van der Waals surface area (Å²) >= 11 is 0. The molecule has 136 valence electrons. The number of ether oxygens (including phenoxy) is 2. The number of nitrogens with zero attached hydrogens (tertiary/aromatic N) is 2. The molecule has 2 aromatic carbocycles. The average Bonchev–Trinajstić information content (AvgIpc) is 2.66. The second-order valence-electron chi connectivity index (χ2n) is 5.40. The molecule has 1 N–H and O–H groups in total. The number of hydrazone groups is 1. The lowest BCUT2D eigenvalue weighted by atomic mass is 10.1. The van der Waals surface area contributed by atoms with Crippen molar-refractivity contribution in [1.82, 2.24) is 5.43 Å². The number of nitro groups is 1. The van der Waals surface area contributed by atoms with Crippen LogP contribution >= 0.6 is 0 Å². The van der Waals surface area contributed by atoms with Crippen LogP contribution in [0.5, 0.6) is 11.5 Å². The van der Waals surface area contributed by atoms with Gasteiger partial charge in [0.1, 0.15) is 0 Å². The fourth-order valence-corrected chi connectivity index (χ4v) is 2.25. The van der Waals surface area contributed by atoms with E-state index in [1.54, 1.807) is 44.4 Å². The highest BCUT2D eigenvalue weighted by molar-refractivity contribution is 5.99. The van der Waals surface area contributed by atoms with E-state index in [0.29, 0.717) is 22.8 Å². The lowest BCUT2D eigenvalue weighted by Gasteiger charge is -2.09. The van der Waals surface area contributed by atoms with Crippen LogP contribution in [0, 0.1) is 10.1 Å². The molecule has 26 heavy (non-hydrogen) atoms. The molecule has 2 aromatic rings. The van der Waals surface area contributed by atoms with Gasteiger partial charge in [0.2, 0.25) is 5.91 Å². The van der Waals surface area contributed by atoms with Crippen LogP contribution in [0.25, 0.3) is 0 Å². The number of hydrogen-bond donors (Lipinski definition) is 1. The lowest BCUT2D eigenvalue weighted by molar-refractivity contribution is -0.384. The highest BCUT2D eigenvalue weighted by Gasteiger charge is 2.09. The number of amides is 1. The molecular formula is C18H19N3O5. The van der Waals surface area contributed by atoms with Crippen molar-refractivity contribution in [2.75, 3.05) is 14.2 Å². The van der Waals surface area contributed by atoms with Crippen molar-refractivity contribution in [2.45, 2.75) is 13.3 Å². The highest BCUT2D eigenvalue weighted by atomic mass is 16.6. The Kier molecular flexibility index (Phi) is 6.26. The van der Waals surface area contributed by atoms with E-state index in [1.165, 1.54) is 19.2 Å². The first-order chi connectivity index (χ1) is 12.4. The predicted octanol–water partition coefficient (Wildman–Crippen LogP) is 2.69. The Hall–Kier alpha value is -3.42. The van der Waals surface area contributed by atoms with E-state index in [9.17, 15) is 14.9 Å². The Morgan fingerprint density at radius 1 is 1.12 bits per heavy atom. The molecule has 0 spiro atoms. The van der Waals surface area contributed by atoms with Crippen LogP contribution in [0.1, 0.15) is 18.1 Å². The Balaban J connectivity index is 2.01. The van der Waals surface area contributed by atoms with Gasteiger partial charge in [0.25, 0.3) is 5.69 Å². The minimum atomic E-state index is -0.471. The van der Waals surface area contributed by atoms with Gasteiger partial charge in [-0.05, 0) is 42.3 Å². The molecule has 0 aliphatic heterocycles. The van der Waals surface area contributed by atoms with E-state index in [0.717, 1.165) is 5.56 Å². The van der Waals surface area contributed by atoms with Gasteiger partial charge in [0.05, 0.1) is 31.3 Å². The molecule has 0 bridgehead atoms. The van der Waals surface area contributed by atoms with E-state index >= 15 is 0 Å². The topological polar surface area (TPSA) is 103 Å². The minimum absolute atomic E-state index is 0.000890. The summed E-state index contributed by atoms with van der Waals surface area (Å²) in [5.41, 5.74) is 4.45. The van der Waals surface area contributed by atoms with Crippen LogP contribution in [-0.2, 0) is 11.2 Å². The quantitative estimate of drug-likeness (QED) is 0.466. The number of methoxy groups -OCH3 is 2. The second-order valence-corrected chi connectivity index (χ2v) is 5.40. The molecule has 2 rings (SSSR count). The maximum absolute atomic E-state index is 12.1. The Morgan fingerprint density at radius 3 is 2.35 bits per heavy atom. The summed E-state index contributed by atoms with van der Waals surface area (Å²) in [6.07, 6.45) is 0.122. The first-order valence-electron chi connectivity index (χ1n) is 7.73. The van der Waals surface area contributed by atoms with Crippen molar-refractivity contribution < 1.29 is 19.2 Å². The molecule has 0 saturated carbocycles. The normalized spacial score (nSPS) is 11.0. The lowest BCUT2D eigenvalue weighted by Crippen LogP contribution is -2.21. The molecule has 8 heteroatoms. The first kappa shape index (κ1) is 18.9. The molecule has 0 radical (unpaired) electrons. The number of nitrogens with one attached hydrogen (secondary N) is 1. The SMILES string of the molecule is COc1ccc(CC(=O)N/N=C(/C)c2ccc([N+](=O)[O-])cc2)cc1OC. The maximum atomic E-state index is 12.1. The molecule has 0 aromatic heterocycles. The summed E-state index contributed by atoms with van der Waals surface area (Å²) in [4.78, 5) is 22.3. The zero-order chi connectivity index (χ0) is 19.1. The third-order valence-electron chi connectivity index (χ3n) is 3.66. The number of non-ortho nitro benzene ring substituents is 1. The number of rotatable bonds is 7. The van der Waals surface area contributed by atoms with Gasteiger partial charge >= 0.3 is 0 Å². The predicted molar refractivity (Wildman–Crippen MR) is 96.7 cm³/mol. The maximum Gasteiger partial charge on any atom is 0.269 e. The monoisotopic (exact) mass is 357 g/mol. The van der Waals surface area contributed by atoms with Crippen LogP contribution in [0.4, 0.5) is 5.69 Å². The molecular weight excluding hydrogens is 338 g/mol. The number of carbonyl (C=O) groups excluding carboxylic acids is 1. The summed E-state index contributed by atoms with van der Waals surface area (Å²) in [5, 5.41) is 14.7. The number of nitro benzene ring substituents is 1. The van der Waals surface area contributed by atoms with Crippen molar-refractivity contribution in [1.29, 1.82) is 0 Å². The van der Waals surface area contributed by atoms with E-state index in [-0.39, 0.29) is 18.0 Å². The Labute approximate surface area is 150 Å². The molecule has 0 aliphatic carbocycles. The van der Waals surface area contributed by atoms with Gasteiger partial charge in [-0.2, -0.15) is 5.10 Å². The van der Waals surface area contributed by atoms with Gasteiger partial charge in [-0.1, -0.05) is 6.07 Å². The van der Waals surface area contributed by atoms with Crippen LogP contribution in [0.15, 0.2) is 47.6 Å². The third-order valence-corrected chi connectivity index (χ3v) is 3.66. The second kappa shape index (κ2) is 8.61. The average molecular weight is 357 g/mol.